The molecule has 71 heavy (non-hydrogen) atoms. The van der Waals surface area contributed by atoms with Crippen LogP contribution in [0.2, 0.25) is 0 Å². The van der Waals surface area contributed by atoms with E-state index >= 15 is 35.1 Å². The highest BCUT2D eigenvalue weighted by Gasteiger charge is 2.52. The molecule has 24 heteroatoms. The molecule has 0 amide bonds. The van der Waals surface area contributed by atoms with E-state index in [1.807, 2.05) is 77.5 Å². The highest BCUT2D eigenvalue weighted by atomic mass is 19.2. The lowest BCUT2D eigenvalue weighted by Crippen LogP contribution is -2.81. The van der Waals surface area contributed by atoms with Crippen LogP contribution in [0.4, 0.5) is 87.8 Å². The lowest BCUT2D eigenvalue weighted by molar-refractivity contribution is -0.689. The minimum atomic E-state index is -7.22. The standard InChI is InChI=1S/C24BF20.C23H18NO2/c26-5-1(6(27)14(35)21(42)13(5)34)25(2-7(28)15(36)22(43)16(37)8(2)29,3-9(30)17(38)23(44)18(39)10(3)31)4-11(32)19(40)24(45)20(41)12(4)33;25-23(26-20-12-5-2-6-13-20)22-21-14-8-7-11-19(21)15-16-24(22)17-18-9-3-1-4-10-18/h;1-16H,17H2/q-1;+1. The maximum absolute atomic E-state index is 15.4. The van der Waals surface area contributed by atoms with Gasteiger partial charge in [0, 0.05) is 11.6 Å². The van der Waals surface area contributed by atoms with E-state index in [9.17, 15) is 57.5 Å². The molecule has 0 aliphatic heterocycles. The minimum Gasteiger partial charge on any atom is -0.419 e. The molecule has 0 spiro atoms. The molecule has 8 rings (SSSR count). The van der Waals surface area contributed by atoms with Crippen molar-refractivity contribution in [3.05, 3.63) is 225 Å². The van der Waals surface area contributed by atoms with Crippen LogP contribution in [0, 0.1) is 116 Å². The van der Waals surface area contributed by atoms with Crippen molar-refractivity contribution in [1.82, 2.24) is 0 Å². The first kappa shape index (κ1) is 50.9. The molecule has 0 N–H and O–H groups in total. The molecule has 1 aromatic heterocycles. The van der Waals surface area contributed by atoms with E-state index in [2.05, 4.69) is 12.1 Å². The highest BCUT2D eigenvalue weighted by molar-refractivity contribution is 7.20. The molecule has 366 valence electrons. The zero-order chi connectivity index (χ0) is 52.1. The summed E-state index contributed by atoms with van der Waals surface area (Å²) in [6, 6.07) is 29.1. The van der Waals surface area contributed by atoms with Gasteiger partial charge in [-0.05, 0) is 23.6 Å². The lowest BCUT2D eigenvalue weighted by atomic mass is 9.12. The Morgan fingerprint density at radius 2 is 0.662 bits per heavy atom. The van der Waals surface area contributed by atoms with E-state index in [1.165, 1.54) is 0 Å². The molecule has 8 aromatic rings. The van der Waals surface area contributed by atoms with Crippen molar-refractivity contribution < 1.29 is 102 Å². The first-order valence-electron chi connectivity index (χ1n) is 19.5. The normalized spacial score (nSPS) is 11.5. The fourth-order valence-electron chi connectivity index (χ4n) is 7.91. The van der Waals surface area contributed by atoms with Crippen LogP contribution in [0.5, 0.6) is 5.75 Å². The van der Waals surface area contributed by atoms with E-state index in [1.54, 1.807) is 12.1 Å². The average molecular weight is 1020 g/mol. The van der Waals surface area contributed by atoms with Gasteiger partial charge in [0.25, 0.3) is 5.69 Å². The van der Waals surface area contributed by atoms with Gasteiger partial charge in [-0.2, -0.15) is 4.57 Å². The zero-order valence-corrected chi connectivity index (χ0v) is 34.3. The minimum absolute atomic E-state index is 0.357. The second kappa shape index (κ2) is 19.5. The molecule has 0 saturated carbocycles. The number of halogens is 20. The number of ether oxygens (including phenoxy) is 1. The van der Waals surface area contributed by atoms with Gasteiger partial charge in [0.1, 0.15) is 58.4 Å². The quantitative estimate of drug-likeness (QED) is 0.0289. The monoisotopic (exact) mass is 1020 g/mol. The summed E-state index contributed by atoms with van der Waals surface area (Å²) >= 11 is 0. The summed E-state index contributed by atoms with van der Waals surface area (Å²) < 4.78 is 302. The summed E-state index contributed by atoms with van der Waals surface area (Å²) in [5.41, 5.74) is -12.7. The number of rotatable bonds is 8. The number of fused-ring (bicyclic) bond motifs is 1. The van der Waals surface area contributed by atoms with Crippen LogP contribution in [0.3, 0.4) is 0 Å². The van der Waals surface area contributed by atoms with E-state index in [0.717, 1.165) is 16.3 Å². The maximum Gasteiger partial charge on any atom is 0.409 e. The summed E-state index contributed by atoms with van der Waals surface area (Å²) in [6.07, 6.45) is -5.28. The number of benzene rings is 7. The Labute approximate surface area is 383 Å². The number of pyridine rings is 1. The Bertz CT molecular complexity index is 3070. The summed E-state index contributed by atoms with van der Waals surface area (Å²) in [6.45, 7) is 0.602. The Hall–Kier alpha value is -7.92. The molecule has 7 aromatic carbocycles. The smallest absolute Gasteiger partial charge is 0.409 e. The molecule has 0 unspecified atom stereocenters. The first-order chi connectivity index (χ1) is 33.5. The van der Waals surface area contributed by atoms with Crippen LogP contribution in [-0.2, 0) is 6.54 Å². The lowest BCUT2D eigenvalue weighted by Gasteiger charge is -2.44. The molecule has 0 atom stereocenters. The topological polar surface area (TPSA) is 30.2 Å². The van der Waals surface area contributed by atoms with Crippen LogP contribution < -0.4 is 31.2 Å². The van der Waals surface area contributed by atoms with E-state index in [0.29, 0.717) is 18.0 Å². The number of para-hydroxylation sites is 1. The molecule has 0 aliphatic rings. The largest absolute Gasteiger partial charge is 0.419 e. The number of aromatic nitrogens is 1. The van der Waals surface area contributed by atoms with Crippen molar-refractivity contribution in [3.8, 4) is 5.75 Å². The highest BCUT2D eigenvalue weighted by Crippen LogP contribution is 2.31. The Morgan fingerprint density at radius 1 is 0.366 bits per heavy atom. The van der Waals surface area contributed by atoms with Gasteiger partial charge in [0.15, 0.2) is 82.5 Å². The van der Waals surface area contributed by atoms with Crippen LogP contribution in [0.15, 0.2) is 97.2 Å². The van der Waals surface area contributed by atoms with Gasteiger partial charge in [-0.25, -0.2) is 92.6 Å². The SMILES string of the molecule is Fc1c(F)c(F)c([B-](c2c(F)c(F)c(F)c(F)c2F)(c2c(F)c(F)c(F)c(F)c2F)c2c(F)c(F)c(F)c(F)c2F)c(F)c1F.O=C(Oc1ccccc1)c1c2ccccc2cc[n+]1Cc1ccccc1. The molecule has 0 fully saturated rings. The second-order valence-corrected chi connectivity index (χ2v) is 14.9. The maximum atomic E-state index is 15.4. The number of nitrogens with zero attached hydrogens (tertiary/aromatic N) is 1. The first-order valence-corrected chi connectivity index (χ1v) is 19.5. The second-order valence-electron chi connectivity index (χ2n) is 14.9. The number of carbonyl (C=O) groups excluding carboxylic acids is 1. The third kappa shape index (κ3) is 8.32. The van der Waals surface area contributed by atoms with Crippen molar-refractivity contribution >= 4 is 44.7 Å². The van der Waals surface area contributed by atoms with Crippen LogP contribution in [0.1, 0.15) is 16.1 Å². The number of hydrogen-bond acceptors (Lipinski definition) is 2. The summed E-state index contributed by atoms with van der Waals surface area (Å²) in [7, 11) is 0. The summed E-state index contributed by atoms with van der Waals surface area (Å²) in [5.74, 6) is -71.2. The molecule has 0 aliphatic carbocycles. The van der Waals surface area contributed by atoms with E-state index in [-0.39, 0.29) is 5.97 Å². The molecule has 1 heterocycles. The molecule has 3 nitrogen and oxygen atoms in total. The fraction of sp³-hybridized carbons (Fsp3) is 0.0213. The van der Waals surface area contributed by atoms with Crippen molar-refractivity contribution in [2.45, 2.75) is 6.54 Å². The molecule has 0 radical (unpaired) electrons. The summed E-state index contributed by atoms with van der Waals surface area (Å²) in [5, 5.41) is 1.89. The Balaban J connectivity index is 0.000000240. The fourth-order valence-corrected chi connectivity index (χ4v) is 7.91. The number of carbonyl (C=O) groups is 1. The van der Waals surface area contributed by atoms with Gasteiger partial charge in [-0.15, -0.1) is 21.9 Å². The third-order valence-electron chi connectivity index (χ3n) is 11.0. The van der Waals surface area contributed by atoms with Crippen molar-refractivity contribution in [2.75, 3.05) is 0 Å². The van der Waals surface area contributed by atoms with Gasteiger partial charge in [0.05, 0.1) is 5.39 Å². The van der Waals surface area contributed by atoms with Crippen molar-refractivity contribution in [3.63, 3.8) is 0 Å². The van der Waals surface area contributed by atoms with Crippen LogP contribution in [-0.4, -0.2) is 12.1 Å². The van der Waals surface area contributed by atoms with Gasteiger partial charge in [-0.3, -0.25) is 0 Å². The van der Waals surface area contributed by atoms with E-state index in [4.69, 9.17) is 4.74 Å². The molecular weight excluding hydrogens is 1000 g/mol. The summed E-state index contributed by atoms with van der Waals surface area (Å²) in [4.78, 5) is 13.0. The van der Waals surface area contributed by atoms with Crippen LogP contribution in [0.25, 0.3) is 10.8 Å². The molecular formula is C47H18BF20NO2. The number of hydrogen-bond donors (Lipinski definition) is 0. The van der Waals surface area contributed by atoms with Gasteiger partial charge in [0.2, 0.25) is 0 Å². The average Bonchev–Trinajstić information content (AvgIpc) is 3.36. The third-order valence-corrected chi connectivity index (χ3v) is 11.0. The van der Waals surface area contributed by atoms with Gasteiger partial charge >= 0.3 is 5.97 Å². The predicted octanol–water partition coefficient (Wildman–Crippen LogP) is 10.2. The van der Waals surface area contributed by atoms with E-state index < -0.39 is 144 Å². The van der Waals surface area contributed by atoms with Crippen molar-refractivity contribution in [1.29, 1.82) is 0 Å². The zero-order valence-electron chi connectivity index (χ0n) is 34.3. The van der Waals surface area contributed by atoms with Crippen molar-refractivity contribution in [2.24, 2.45) is 0 Å². The molecule has 0 bridgehead atoms. The van der Waals surface area contributed by atoms with Crippen LogP contribution >= 0.6 is 0 Å². The Kier molecular flexibility index (Phi) is 14.0. The molecule has 0 saturated heterocycles. The van der Waals surface area contributed by atoms with Gasteiger partial charge < -0.3 is 4.74 Å². The van der Waals surface area contributed by atoms with Gasteiger partial charge in [-0.1, -0.05) is 66.7 Å². The Morgan fingerprint density at radius 3 is 1.01 bits per heavy atom. The predicted molar refractivity (Wildman–Crippen MR) is 210 cm³/mol. The number of esters is 1.